The molecule has 4 saturated carbocycles. The van der Waals surface area contributed by atoms with Crippen LogP contribution in [-0.4, -0.2) is 26.2 Å². The van der Waals surface area contributed by atoms with Crippen molar-refractivity contribution in [2.75, 3.05) is 26.2 Å². The Morgan fingerprint density at radius 2 is 0.771 bits per heavy atom. The summed E-state index contributed by atoms with van der Waals surface area (Å²) in [6.07, 6.45) is 75.4. The van der Waals surface area contributed by atoms with E-state index in [0.29, 0.717) is 22.7 Å². The molecule has 2 nitrogen and oxygen atoms in total. The Bertz CT molecular complexity index is 3620. The molecule has 105 heavy (non-hydrogen) atoms. The largest absolute Gasteiger partial charge is 4.00 e. The van der Waals surface area contributed by atoms with Gasteiger partial charge in [-0.15, -0.1) is 0 Å². The first-order valence-electron chi connectivity index (χ1n) is 39.8. The predicted molar refractivity (Wildman–Crippen MR) is 454 cm³/mol. The second-order valence-corrected chi connectivity index (χ2v) is 34.4. The van der Waals surface area contributed by atoms with Gasteiger partial charge in [0, 0.05) is 28.1 Å². The van der Waals surface area contributed by atoms with E-state index in [1.54, 1.807) is 33.4 Å². The maximum Gasteiger partial charge on any atom is 4.00 e. The number of allylic oxidation sites excluding steroid dienone is 19. The maximum absolute atomic E-state index is 4.93. The van der Waals surface area contributed by atoms with E-state index in [9.17, 15) is 0 Å². The van der Waals surface area contributed by atoms with Crippen molar-refractivity contribution < 1.29 is 47.1 Å². The first kappa shape index (κ1) is 88.0. The van der Waals surface area contributed by atoms with E-state index in [2.05, 4.69) is 241 Å². The molecule has 10 atom stereocenters. The Hall–Kier alpha value is -4.23. The van der Waals surface area contributed by atoms with Crippen molar-refractivity contribution in [1.29, 1.82) is 0 Å². The van der Waals surface area contributed by atoms with Crippen molar-refractivity contribution in [3.8, 4) is 0 Å². The van der Waals surface area contributed by atoms with E-state index in [1.807, 2.05) is 27.7 Å². The van der Waals surface area contributed by atoms with Crippen LogP contribution in [0, 0.1) is 83.0 Å². The van der Waals surface area contributed by atoms with E-state index >= 15 is 0 Å². The summed E-state index contributed by atoms with van der Waals surface area (Å²) in [5.41, 5.74) is 19.9. The van der Waals surface area contributed by atoms with Crippen LogP contribution in [0.25, 0.3) is 22.3 Å². The van der Waals surface area contributed by atoms with E-state index in [-0.39, 0.29) is 61.3 Å². The minimum Gasteiger partial charge on any atom is 4.00 e. The zero-order valence-electron chi connectivity index (χ0n) is 65.7. The molecule has 5 aromatic rings. The fourth-order valence-corrected chi connectivity index (χ4v) is 22.2. The molecule has 0 amide bonds. The molecule has 13 aliphatic carbocycles. The van der Waals surface area contributed by atoms with Gasteiger partial charge in [-0.05, 0) is 243 Å². The van der Waals surface area contributed by atoms with Gasteiger partial charge in [0.15, 0.2) is 0 Å². The number of hydrogen-bond donors (Lipinski definition) is 0. The number of aryl methyl sites for hydroxylation is 4. The molecule has 0 heterocycles. The minimum atomic E-state index is -0.826. The summed E-state index contributed by atoms with van der Waals surface area (Å²) in [6, 6.07) is 46.0. The van der Waals surface area contributed by atoms with Crippen molar-refractivity contribution in [3.63, 3.8) is 0 Å². The Morgan fingerprint density at radius 3 is 1.24 bits per heavy atom. The van der Waals surface area contributed by atoms with Crippen LogP contribution in [0.3, 0.4) is 0 Å². The van der Waals surface area contributed by atoms with E-state index < -0.39 is 20.8 Å². The van der Waals surface area contributed by atoms with Crippen molar-refractivity contribution in [1.82, 2.24) is 0 Å². The minimum absolute atomic E-state index is 0. The second-order valence-electron chi connectivity index (χ2n) is 30.7. The Morgan fingerprint density at radius 1 is 0.381 bits per heavy atom. The first-order valence-corrected chi connectivity index (χ1v) is 46.2. The van der Waals surface area contributed by atoms with Gasteiger partial charge in [0.1, 0.15) is 0 Å². The van der Waals surface area contributed by atoms with Crippen LogP contribution in [0.1, 0.15) is 218 Å². The standard InChI is InChI=1S/2C24H30.C24H22.C15H14.2C4H10N.4CH3.2ClH.2Zr/c3*1-5-13-21-18(8-1)15-16-23(21)24(20-11-3-4-12-20)17-7-10-19-9-2-6-14-22(19)24;1-2-7-12(6-1)15-11-5-9-13-8-3-4-10-14(13)15;2*1-3-5-4-2;;;;;;;;/h2*1-2,5-6,8-9,13-14,18,20-21,23H,3-4,7,10-12,15-17H2;1-6,8-9,11-16,20,23H,7,10,17H2;1-4,6-8,10H,5,9,11H2;2*3-4H2,1-2H3;4*1H3;2*1H;;/q;;;;6*-1;;;2*+4/p-2. The molecule has 0 radical (unpaired) electrons. The van der Waals surface area contributed by atoms with Crippen LogP contribution < -0.4 is 0 Å². The van der Waals surface area contributed by atoms with Gasteiger partial charge in [-0.25, -0.2) is 0 Å². The summed E-state index contributed by atoms with van der Waals surface area (Å²) >= 11 is -0.826. The average Bonchev–Trinajstić information content (AvgIpc) is 1.67. The van der Waals surface area contributed by atoms with Crippen LogP contribution in [-0.2, 0) is 89.0 Å². The summed E-state index contributed by atoms with van der Waals surface area (Å²) in [5.74, 6) is 7.76. The summed E-state index contributed by atoms with van der Waals surface area (Å²) in [6.45, 7) is 12.1. The van der Waals surface area contributed by atoms with Crippen LogP contribution in [0.2, 0.25) is 0 Å². The van der Waals surface area contributed by atoms with E-state index in [0.717, 1.165) is 73.5 Å². The molecular formula is C99H128Cl2N2Zr2. The van der Waals surface area contributed by atoms with Gasteiger partial charge in [-0.1, -0.05) is 284 Å². The molecule has 556 valence electrons. The molecule has 0 N–H and O–H groups in total. The van der Waals surface area contributed by atoms with Crippen LogP contribution in [0.15, 0.2) is 230 Å². The number of fused-ring (bicyclic) bond motifs is 7. The van der Waals surface area contributed by atoms with Crippen LogP contribution >= 0.6 is 17.0 Å². The van der Waals surface area contributed by atoms with Crippen LogP contribution in [0.4, 0.5) is 0 Å². The number of benzene rings is 5. The molecule has 13 aliphatic rings. The zero-order chi connectivity index (χ0) is 69.0. The van der Waals surface area contributed by atoms with Crippen molar-refractivity contribution in [2.24, 2.45) is 53.3 Å². The number of rotatable bonds is 10. The molecule has 0 spiro atoms. The monoisotopic (exact) mass is 1590 g/mol. The molecule has 0 saturated heterocycles. The molecule has 0 aliphatic heterocycles. The maximum atomic E-state index is 4.93. The van der Waals surface area contributed by atoms with Gasteiger partial charge in [0.2, 0.25) is 0 Å². The van der Waals surface area contributed by atoms with Crippen molar-refractivity contribution in [3.05, 3.63) is 326 Å². The van der Waals surface area contributed by atoms with Gasteiger partial charge >= 0.3 is 64.1 Å². The second kappa shape index (κ2) is 44.0. The van der Waals surface area contributed by atoms with Crippen molar-refractivity contribution in [2.45, 2.75) is 204 Å². The van der Waals surface area contributed by atoms with Gasteiger partial charge < -0.3 is 40.3 Å². The summed E-state index contributed by atoms with van der Waals surface area (Å²) < 4.78 is 0. The molecule has 6 heteroatoms. The van der Waals surface area contributed by atoms with Crippen molar-refractivity contribution >= 4 is 28.7 Å². The normalized spacial score (nSPS) is 27.3. The third-order valence-corrected chi connectivity index (χ3v) is 26.1. The fraction of sp³-hybridized carbons (Fsp3) is 0.455. The Balaban J connectivity index is 0.000000184. The fourth-order valence-electron chi connectivity index (χ4n) is 22.2. The van der Waals surface area contributed by atoms with Gasteiger partial charge in [0.25, 0.3) is 0 Å². The average molecular weight is 1600 g/mol. The SMILES string of the molecule is C1=CC(=C2CCCc3ccccc32)C=C1.C1=CC(C2(C3C=Cc4ccccc43)CCCc3ccccc32)C=C1.C1=CC2CCC(C3(C4CCCC4)CCCc4ccccc43)C2C=C1.C1=CC2CCC(C3(C4CCCC4)CCCc4ccccc43)C2C=C1.CC[N-]CC.CC[N-]CC.[CH3-].[CH3-].[CH3-].[CH3-].[Cl][Zr+2][Cl].[Zr+4]. The topological polar surface area (TPSA) is 28.2 Å². The molecule has 0 aromatic heterocycles. The molecule has 5 aromatic carbocycles. The molecule has 4 fully saturated rings. The zero-order valence-corrected chi connectivity index (χ0v) is 72.1. The van der Waals surface area contributed by atoms with E-state index in [1.165, 1.54) is 187 Å². The smallest absolute Gasteiger partial charge is 4.00 e. The summed E-state index contributed by atoms with van der Waals surface area (Å²) in [7, 11) is 9.87. The first-order chi connectivity index (χ1) is 49.4. The van der Waals surface area contributed by atoms with Crippen LogP contribution in [0.5, 0.6) is 0 Å². The number of halogens is 2. The van der Waals surface area contributed by atoms with E-state index in [4.69, 9.17) is 17.0 Å². The van der Waals surface area contributed by atoms with Gasteiger partial charge in [-0.2, -0.15) is 26.2 Å². The Labute approximate surface area is 679 Å². The third-order valence-electron chi connectivity index (χ3n) is 26.1. The molecule has 0 bridgehead atoms. The third kappa shape index (κ3) is 19.6. The predicted octanol–water partition coefficient (Wildman–Crippen LogP) is 28.1. The molecule has 10 unspecified atom stereocenters. The number of hydrogen-bond acceptors (Lipinski definition) is 0. The Kier molecular flexibility index (Phi) is 36.8. The van der Waals surface area contributed by atoms with Gasteiger partial charge in [-0.3, -0.25) is 0 Å². The molecule has 18 rings (SSSR count). The van der Waals surface area contributed by atoms with Gasteiger partial charge in [0.05, 0.1) is 0 Å². The number of nitrogens with zero attached hydrogens (tertiary/aromatic N) is 2. The molecular weight excluding hydrogens is 1470 g/mol. The summed E-state index contributed by atoms with van der Waals surface area (Å²) in [5, 5.41) is 7.94. The quantitative estimate of drug-likeness (QED) is 0.125. The summed E-state index contributed by atoms with van der Waals surface area (Å²) in [4.78, 5) is 0.